The third-order valence-corrected chi connectivity index (χ3v) is 3.61. The highest BCUT2D eigenvalue weighted by Gasteiger charge is 2.28. The number of benzene rings is 1. The average Bonchev–Trinajstić information content (AvgIpc) is 2.52. The van der Waals surface area contributed by atoms with E-state index < -0.39 is 23.6 Å². The van der Waals surface area contributed by atoms with Crippen molar-refractivity contribution in [3.05, 3.63) is 35.6 Å². The van der Waals surface area contributed by atoms with Crippen LogP contribution in [0.1, 0.15) is 23.2 Å². The predicted octanol–water partition coefficient (Wildman–Crippen LogP) is 0.879. The van der Waals surface area contributed by atoms with Crippen LogP contribution in [-0.2, 0) is 9.59 Å². The zero-order valence-electron chi connectivity index (χ0n) is 11.9. The molecule has 1 aliphatic rings. The summed E-state index contributed by atoms with van der Waals surface area (Å²) < 4.78 is 13.0. The molecule has 0 radical (unpaired) electrons. The zero-order valence-corrected chi connectivity index (χ0v) is 11.9. The first-order chi connectivity index (χ1) is 10.5. The summed E-state index contributed by atoms with van der Waals surface area (Å²) in [6, 6.07) is 5.17. The van der Waals surface area contributed by atoms with Gasteiger partial charge in [0.15, 0.2) is 0 Å². The number of carboxylic acid groups (broad SMARTS) is 1. The smallest absolute Gasteiger partial charge is 0.308 e. The van der Waals surface area contributed by atoms with Crippen molar-refractivity contribution in [1.82, 2.24) is 10.2 Å². The largest absolute Gasteiger partial charge is 0.481 e. The van der Waals surface area contributed by atoms with Gasteiger partial charge in [-0.05, 0) is 31.0 Å². The van der Waals surface area contributed by atoms with E-state index in [0.29, 0.717) is 19.4 Å². The van der Waals surface area contributed by atoms with Crippen LogP contribution >= 0.6 is 0 Å². The van der Waals surface area contributed by atoms with Gasteiger partial charge >= 0.3 is 5.97 Å². The van der Waals surface area contributed by atoms with Gasteiger partial charge < -0.3 is 15.3 Å². The van der Waals surface area contributed by atoms with Gasteiger partial charge in [0.25, 0.3) is 5.91 Å². The fraction of sp³-hybridized carbons (Fsp3) is 0.400. The van der Waals surface area contributed by atoms with Crippen LogP contribution in [0.25, 0.3) is 0 Å². The van der Waals surface area contributed by atoms with E-state index in [1.165, 1.54) is 23.1 Å². The Balaban J connectivity index is 1.87. The predicted molar refractivity (Wildman–Crippen MR) is 75.7 cm³/mol. The van der Waals surface area contributed by atoms with Gasteiger partial charge in [0.1, 0.15) is 5.82 Å². The SMILES string of the molecule is O=C(NCC(=O)N1CCC[C@H](C(=O)O)C1)c1cccc(F)c1. The summed E-state index contributed by atoms with van der Waals surface area (Å²) in [6.07, 6.45) is 1.18. The first-order valence-corrected chi connectivity index (χ1v) is 7.01. The highest BCUT2D eigenvalue weighted by Crippen LogP contribution is 2.16. The van der Waals surface area contributed by atoms with E-state index in [1.54, 1.807) is 0 Å². The number of rotatable bonds is 4. The van der Waals surface area contributed by atoms with Crippen molar-refractivity contribution >= 4 is 17.8 Å². The van der Waals surface area contributed by atoms with Crippen LogP contribution in [0, 0.1) is 11.7 Å². The molecular weight excluding hydrogens is 291 g/mol. The summed E-state index contributed by atoms with van der Waals surface area (Å²) >= 11 is 0. The molecule has 0 saturated carbocycles. The molecule has 0 unspecified atom stereocenters. The molecule has 0 aliphatic carbocycles. The lowest BCUT2D eigenvalue weighted by atomic mass is 9.98. The zero-order chi connectivity index (χ0) is 16.1. The second-order valence-corrected chi connectivity index (χ2v) is 5.21. The number of amides is 2. The van der Waals surface area contributed by atoms with Crippen LogP contribution < -0.4 is 5.32 Å². The highest BCUT2D eigenvalue weighted by atomic mass is 19.1. The Morgan fingerprint density at radius 2 is 2.14 bits per heavy atom. The number of hydrogen-bond donors (Lipinski definition) is 2. The summed E-state index contributed by atoms with van der Waals surface area (Å²) in [4.78, 5) is 36.2. The van der Waals surface area contributed by atoms with E-state index in [4.69, 9.17) is 5.11 Å². The molecular formula is C15H17FN2O4. The monoisotopic (exact) mass is 308 g/mol. The van der Waals surface area contributed by atoms with Crippen molar-refractivity contribution in [3.63, 3.8) is 0 Å². The molecule has 0 aromatic heterocycles. The third kappa shape index (κ3) is 4.03. The van der Waals surface area contributed by atoms with Gasteiger partial charge in [-0.25, -0.2) is 4.39 Å². The Morgan fingerprint density at radius 1 is 1.36 bits per heavy atom. The summed E-state index contributed by atoms with van der Waals surface area (Å²) in [5.41, 5.74) is 0.134. The molecule has 1 heterocycles. The number of halogens is 1. The first kappa shape index (κ1) is 15.9. The maximum Gasteiger partial charge on any atom is 0.308 e. The molecule has 1 aliphatic heterocycles. The molecule has 2 rings (SSSR count). The molecule has 6 nitrogen and oxygen atoms in total. The molecule has 1 aromatic rings. The van der Waals surface area contributed by atoms with Crippen molar-refractivity contribution < 1.29 is 23.9 Å². The van der Waals surface area contributed by atoms with Gasteiger partial charge in [0, 0.05) is 18.7 Å². The Hall–Kier alpha value is -2.44. The molecule has 7 heteroatoms. The van der Waals surface area contributed by atoms with Gasteiger partial charge in [-0.2, -0.15) is 0 Å². The van der Waals surface area contributed by atoms with Crippen molar-refractivity contribution in [2.75, 3.05) is 19.6 Å². The maximum absolute atomic E-state index is 13.0. The number of piperidine rings is 1. The van der Waals surface area contributed by atoms with Gasteiger partial charge in [-0.15, -0.1) is 0 Å². The summed E-state index contributed by atoms with van der Waals surface area (Å²) in [7, 11) is 0. The lowest BCUT2D eigenvalue weighted by Gasteiger charge is -2.30. The number of likely N-dealkylation sites (tertiary alicyclic amines) is 1. The number of carboxylic acids is 1. The summed E-state index contributed by atoms with van der Waals surface area (Å²) in [6.45, 7) is 0.407. The van der Waals surface area contributed by atoms with E-state index >= 15 is 0 Å². The fourth-order valence-electron chi connectivity index (χ4n) is 2.40. The van der Waals surface area contributed by atoms with Crippen LogP contribution in [0.2, 0.25) is 0 Å². The molecule has 22 heavy (non-hydrogen) atoms. The van der Waals surface area contributed by atoms with Gasteiger partial charge in [-0.3, -0.25) is 14.4 Å². The van der Waals surface area contributed by atoms with Gasteiger partial charge in [0.05, 0.1) is 12.5 Å². The Bertz CT molecular complexity index is 591. The lowest BCUT2D eigenvalue weighted by molar-refractivity contribution is -0.145. The Morgan fingerprint density at radius 3 is 2.82 bits per heavy atom. The average molecular weight is 308 g/mol. The molecule has 1 saturated heterocycles. The number of nitrogens with zero attached hydrogens (tertiary/aromatic N) is 1. The van der Waals surface area contributed by atoms with Crippen LogP contribution in [0.3, 0.4) is 0 Å². The van der Waals surface area contributed by atoms with Crippen molar-refractivity contribution in [3.8, 4) is 0 Å². The number of hydrogen-bond acceptors (Lipinski definition) is 3. The number of carbonyl (C=O) groups is 3. The quantitative estimate of drug-likeness (QED) is 0.864. The van der Waals surface area contributed by atoms with E-state index in [9.17, 15) is 18.8 Å². The van der Waals surface area contributed by atoms with E-state index in [0.717, 1.165) is 6.07 Å². The van der Waals surface area contributed by atoms with Crippen LogP contribution in [0.5, 0.6) is 0 Å². The fourth-order valence-corrected chi connectivity index (χ4v) is 2.40. The van der Waals surface area contributed by atoms with Gasteiger partial charge in [0.2, 0.25) is 5.91 Å². The van der Waals surface area contributed by atoms with Crippen LogP contribution in [-0.4, -0.2) is 47.4 Å². The molecule has 0 bridgehead atoms. The molecule has 1 aromatic carbocycles. The maximum atomic E-state index is 13.0. The second kappa shape index (κ2) is 7.02. The highest BCUT2D eigenvalue weighted by molar-refractivity contribution is 5.96. The van der Waals surface area contributed by atoms with Crippen molar-refractivity contribution in [1.29, 1.82) is 0 Å². The molecule has 0 spiro atoms. The molecule has 1 atom stereocenters. The number of aliphatic carboxylic acids is 1. The number of nitrogens with one attached hydrogen (secondary N) is 1. The Kier molecular flexibility index (Phi) is 5.08. The minimum atomic E-state index is -0.915. The minimum Gasteiger partial charge on any atom is -0.481 e. The minimum absolute atomic E-state index is 0.134. The van der Waals surface area contributed by atoms with Crippen molar-refractivity contribution in [2.24, 2.45) is 5.92 Å². The van der Waals surface area contributed by atoms with Crippen LogP contribution in [0.4, 0.5) is 4.39 Å². The van der Waals surface area contributed by atoms with Crippen LogP contribution in [0.15, 0.2) is 24.3 Å². The molecule has 2 N–H and O–H groups in total. The second-order valence-electron chi connectivity index (χ2n) is 5.21. The molecule has 1 fully saturated rings. The topological polar surface area (TPSA) is 86.7 Å². The van der Waals surface area contributed by atoms with E-state index in [2.05, 4.69) is 5.32 Å². The first-order valence-electron chi connectivity index (χ1n) is 7.01. The van der Waals surface area contributed by atoms with E-state index in [-0.39, 0.29) is 24.6 Å². The normalized spacial score (nSPS) is 17.9. The van der Waals surface area contributed by atoms with Gasteiger partial charge in [-0.1, -0.05) is 6.07 Å². The lowest BCUT2D eigenvalue weighted by Crippen LogP contribution is -2.46. The third-order valence-electron chi connectivity index (χ3n) is 3.61. The standard InChI is InChI=1S/C15H17FN2O4/c16-12-5-1-3-10(7-12)14(20)17-8-13(19)18-6-2-4-11(9-18)15(21)22/h1,3,5,7,11H,2,4,6,8-9H2,(H,17,20)(H,21,22)/t11-/m0/s1. The molecule has 2 amide bonds. The van der Waals surface area contributed by atoms with E-state index in [1.807, 2.05) is 0 Å². The molecule has 118 valence electrons. The number of carbonyl (C=O) groups excluding carboxylic acids is 2. The summed E-state index contributed by atoms with van der Waals surface area (Å²) in [5.74, 6) is -2.88. The Labute approximate surface area is 126 Å². The summed E-state index contributed by atoms with van der Waals surface area (Å²) in [5, 5.41) is 11.4. The van der Waals surface area contributed by atoms with Crippen molar-refractivity contribution in [2.45, 2.75) is 12.8 Å².